The molecule has 0 bridgehead atoms. The van der Waals surface area contributed by atoms with E-state index in [1.807, 2.05) is 0 Å². The Morgan fingerprint density at radius 1 is 0.722 bits per heavy atom. The number of nitrogens with zero attached hydrogens (tertiary/aromatic N) is 2. The molecule has 3 heteroatoms. The highest BCUT2D eigenvalue weighted by molar-refractivity contribution is 4.68. The third-order valence-corrected chi connectivity index (χ3v) is 3.98. The van der Waals surface area contributed by atoms with Gasteiger partial charge in [0, 0.05) is 32.8 Å². The van der Waals surface area contributed by atoms with Gasteiger partial charge < -0.3 is 14.9 Å². The zero-order valence-electron chi connectivity index (χ0n) is 12.2. The molecule has 18 heavy (non-hydrogen) atoms. The molecule has 1 aliphatic heterocycles. The Morgan fingerprint density at radius 2 is 1.22 bits per heavy atom. The molecule has 1 heterocycles. The van der Waals surface area contributed by atoms with E-state index >= 15 is 0 Å². The Hall–Kier alpha value is -0.120. The molecule has 0 aromatic heterocycles. The second-order valence-corrected chi connectivity index (χ2v) is 5.70. The summed E-state index contributed by atoms with van der Waals surface area (Å²) in [5, 5.41) is 8.67. The molecule has 0 aromatic rings. The summed E-state index contributed by atoms with van der Waals surface area (Å²) in [7, 11) is 2.22. The summed E-state index contributed by atoms with van der Waals surface area (Å²) in [6.07, 6.45) is 10.4. The molecule has 0 radical (unpaired) electrons. The van der Waals surface area contributed by atoms with Gasteiger partial charge in [0.2, 0.25) is 0 Å². The molecule has 1 aliphatic rings. The minimum Gasteiger partial charge on any atom is -0.396 e. The van der Waals surface area contributed by atoms with Crippen molar-refractivity contribution in [2.24, 2.45) is 0 Å². The second kappa shape index (κ2) is 10.8. The van der Waals surface area contributed by atoms with Gasteiger partial charge in [0.25, 0.3) is 0 Å². The Kier molecular flexibility index (Phi) is 9.54. The van der Waals surface area contributed by atoms with Crippen LogP contribution in [0.3, 0.4) is 0 Å². The van der Waals surface area contributed by atoms with E-state index in [1.165, 1.54) is 77.7 Å². The third-order valence-electron chi connectivity index (χ3n) is 3.98. The quantitative estimate of drug-likeness (QED) is 0.608. The maximum absolute atomic E-state index is 8.67. The molecular weight excluding hydrogens is 224 g/mol. The molecule has 1 fully saturated rings. The molecule has 1 N–H and O–H groups in total. The number of aliphatic hydroxyl groups is 1. The zero-order chi connectivity index (χ0) is 13.1. The highest BCUT2D eigenvalue weighted by atomic mass is 16.2. The van der Waals surface area contributed by atoms with Crippen molar-refractivity contribution in [2.75, 3.05) is 46.4 Å². The molecule has 0 aromatic carbocycles. The average molecular weight is 256 g/mol. The van der Waals surface area contributed by atoms with Crippen molar-refractivity contribution in [1.82, 2.24) is 9.80 Å². The molecule has 108 valence electrons. The Morgan fingerprint density at radius 3 is 1.78 bits per heavy atom. The normalized spacial score (nSPS) is 18.3. The summed E-state index contributed by atoms with van der Waals surface area (Å²) in [4.78, 5) is 5.03. The monoisotopic (exact) mass is 256 g/mol. The molecule has 3 nitrogen and oxygen atoms in total. The molecule has 1 rings (SSSR count). The van der Waals surface area contributed by atoms with Gasteiger partial charge in [0.05, 0.1) is 0 Å². The number of likely N-dealkylation sites (N-methyl/N-ethyl adjacent to an activating group) is 1. The molecule has 0 amide bonds. The summed E-state index contributed by atoms with van der Waals surface area (Å²) in [6, 6.07) is 0. The van der Waals surface area contributed by atoms with Crippen LogP contribution in [0.15, 0.2) is 0 Å². The maximum atomic E-state index is 8.67. The van der Waals surface area contributed by atoms with Crippen molar-refractivity contribution in [3.8, 4) is 0 Å². The van der Waals surface area contributed by atoms with E-state index in [1.54, 1.807) is 0 Å². The van der Waals surface area contributed by atoms with Gasteiger partial charge in [-0.3, -0.25) is 0 Å². The minimum atomic E-state index is 0.366. The molecule has 0 saturated carbocycles. The molecular formula is C15H32N2O. The van der Waals surface area contributed by atoms with Gasteiger partial charge in [-0.1, -0.05) is 38.5 Å². The first-order chi connectivity index (χ1) is 8.83. The van der Waals surface area contributed by atoms with Crippen molar-refractivity contribution < 1.29 is 5.11 Å². The van der Waals surface area contributed by atoms with E-state index in [0.717, 1.165) is 6.42 Å². The van der Waals surface area contributed by atoms with Crippen LogP contribution < -0.4 is 0 Å². The lowest BCUT2D eigenvalue weighted by molar-refractivity contribution is 0.152. The number of piperazine rings is 1. The van der Waals surface area contributed by atoms with E-state index in [9.17, 15) is 0 Å². The van der Waals surface area contributed by atoms with Crippen LogP contribution in [-0.2, 0) is 0 Å². The minimum absolute atomic E-state index is 0.366. The smallest absolute Gasteiger partial charge is 0.0431 e. The van der Waals surface area contributed by atoms with E-state index in [2.05, 4.69) is 16.8 Å². The van der Waals surface area contributed by atoms with E-state index in [0.29, 0.717) is 6.61 Å². The first-order valence-corrected chi connectivity index (χ1v) is 7.84. The highest BCUT2D eigenvalue weighted by Gasteiger charge is 2.12. The SMILES string of the molecule is CN1CCN(CCCCCCCCCCO)CC1. The van der Waals surface area contributed by atoms with E-state index in [-0.39, 0.29) is 0 Å². The fraction of sp³-hybridized carbons (Fsp3) is 1.00. The second-order valence-electron chi connectivity index (χ2n) is 5.70. The number of hydrogen-bond donors (Lipinski definition) is 1. The number of rotatable bonds is 10. The molecule has 0 atom stereocenters. The maximum Gasteiger partial charge on any atom is 0.0431 e. The summed E-state index contributed by atoms with van der Waals surface area (Å²) in [5.74, 6) is 0. The summed E-state index contributed by atoms with van der Waals surface area (Å²) in [6.45, 7) is 6.68. The van der Waals surface area contributed by atoms with Crippen molar-refractivity contribution in [3.05, 3.63) is 0 Å². The number of aliphatic hydroxyl groups excluding tert-OH is 1. The van der Waals surface area contributed by atoms with Gasteiger partial charge in [0.15, 0.2) is 0 Å². The van der Waals surface area contributed by atoms with Gasteiger partial charge in [0.1, 0.15) is 0 Å². The molecule has 0 unspecified atom stereocenters. The van der Waals surface area contributed by atoms with Crippen LogP contribution in [0.2, 0.25) is 0 Å². The van der Waals surface area contributed by atoms with Crippen LogP contribution in [0.1, 0.15) is 51.4 Å². The van der Waals surface area contributed by atoms with E-state index in [4.69, 9.17) is 5.11 Å². The van der Waals surface area contributed by atoms with Crippen LogP contribution in [0, 0.1) is 0 Å². The first-order valence-electron chi connectivity index (χ1n) is 7.84. The van der Waals surface area contributed by atoms with Crippen LogP contribution in [-0.4, -0.2) is 61.3 Å². The Labute approximate surface area is 113 Å². The standard InChI is InChI=1S/C15H32N2O/c1-16-11-13-17(14-12-16)10-8-6-4-2-3-5-7-9-15-18/h18H,2-15H2,1H3. The van der Waals surface area contributed by atoms with Crippen LogP contribution >= 0.6 is 0 Å². The molecule has 0 spiro atoms. The topological polar surface area (TPSA) is 26.7 Å². The fourth-order valence-corrected chi connectivity index (χ4v) is 2.58. The van der Waals surface area contributed by atoms with Gasteiger partial charge in [-0.25, -0.2) is 0 Å². The largest absolute Gasteiger partial charge is 0.396 e. The van der Waals surface area contributed by atoms with Crippen LogP contribution in [0.4, 0.5) is 0 Å². The van der Waals surface area contributed by atoms with Gasteiger partial charge in [-0.15, -0.1) is 0 Å². The van der Waals surface area contributed by atoms with Crippen molar-refractivity contribution in [2.45, 2.75) is 51.4 Å². The lowest BCUT2D eigenvalue weighted by Gasteiger charge is -2.32. The van der Waals surface area contributed by atoms with Gasteiger partial charge >= 0.3 is 0 Å². The lowest BCUT2D eigenvalue weighted by atomic mass is 10.1. The summed E-state index contributed by atoms with van der Waals surface area (Å²) < 4.78 is 0. The van der Waals surface area contributed by atoms with Crippen LogP contribution in [0.5, 0.6) is 0 Å². The van der Waals surface area contributed by atoms with Crippen molar-refractivity contribution in [3.63, 3.8) is 0 Å². The molecule has 0 aliphatic carbocycles. The predicted octanol–water partition coefficient (Wildman–Crippen LogP) is 2.35. The zero-order valence-corrected chi connectivity index (χ0v) is 12.2. The predicted molar refractivity (Wildman–Crippen MR) is 78.0 cm³/mol. The molecule has 1 saturated heterocycles. The summed E-state index contributed by atoms with van der Waals surface area (Å²) >= 11 is 0. The summed E-state index contributed by atoms with van der Waals surface area (Å²) in [5.41, 5.74) is 0. The number of hydrogen-bond acceptors (Lipinski definition) is 3. The van der Waals surface area contributed by atoms with Crippen molar-refractivity contribution >= 4 is 0 Å². The van der Waals surface area contributed by atoms with Crippen LogP contribution in [0.25, 0.3) is 0 Å². The Balaban J connectivity index is 1.78. The fourth-order valence-electron chi connectivity index (χ4n) is 2.58. The Bertz CT molecular complexity index is 179. The highest BCUT2D eigenvalue weighted by Crippen LogP contribution is 2.09. The van der Waals surface area contributed by atoms with Gasteiger partial charge in [-0.05, 0) is 26.4 Å². The van der Waals surface area contributed by atoms with E-state index < -0.39 is 0 Å². The lowest BCUT2D eigenvalue weighted by Crippen LogP contribution is -2.44. The van der Waals surface area contributed by atoms with Crippen molar-refractivity contribution in [1.29, 1.82) is 0 Å². The van der Waals surface area contributed by atoms with Gasteiger partial charge in [-0.2, -0.15) is 0 Å². The first kappa shape index (κ1) is 15.9. The third kappa shape index (κ3) is 8.06. The number of unbranched alkanes of at least 4 members (excludes halogenated alkanes) is 7. The average Bonchev–Trinajstić information content (AvgIpc) is 2.39.